The maximum atomic E-state index is 5.40. The first kappa shape index (κ1) is 47.5. The van der Waals surface area contributed by atoms with Crippen LogP contribution in [-0.2, 0) is 5.41 Å². The summed E-state index contributed by atoms with van der Waals surface area (Å²) in [5.74, 6) is 1.83. The molecule has 3 aliphatic rings. The van der Waals surface area contributed by atoms with E-state index in [9.17, 15) is 0 Å². The highest BCUT2D eigenvalue weighted by Crippen LogP contribution is 2.52. The van der Waals surface area contributed by atoms with Gasteiger partial charge in [0.1, 0.15) is 8.07 Å². The first-order chi connectivity index (χ1) is 39.7. The summed E-state index contributed by atoms with van der Waals surface area (Å²) in [6, 6.07) is 97.0. The second-order valence-corrected chi connectivity index (χ2v) is 31.2. The minimum atomic E-state index is -2.74. The highest BCUT2D eigenvalue weighted by molar-refractivity contribution is 7.22. The van der Waals surface area contributed by atoms with Crippen LogP contribution in [0.2, 0.25) is 13.1 Å². The van der Waals surface area contributed by atoms with Gasteiger partial charge in [0.05, 0.1) is 11.0 Å². The summed E-state index contributed by atoms with van der Waals surface area (Å²) in [5, 5.41) is 10.9. The van der Waals surface area contributed by atoms with E-state index in [2.05, 4.69) is 261 Å². The number of nitrogens with zero attached hydrogens (tertiary/aromatic N) is 5. The third kappa shape index (κ3) is 6.92. The van der Waals surface area contributed by atoms with Gasteiger partial charge >= 0.3 is 0 Å². The van der Waals surface area contributed by atoms with Crippen molar-refractivity contribution in [3.05, 3.63) is 272 Å². The van der Waals surface area contributed by atoms with Crippen molar-refractivity contribution in [1.29, 1.82) is 0 Å². The number of rotatable bonds is 8. The molecule has 0 amide bonds. The van der Waals surface area contributed by atoms with Crippen LogP contribution >= 0.6 is 0 Å². The quantitative estimate of drug-likeness (QED) is 0.142. The van der Waals surface area contributed by atoms with Gasteiger partial charge in [-0.15, -0.1) is 0 Å². The lowest BCUT2D eigenvalue weighted by molar-refractivity contribution is 0.661. The molecule has 16 rings (SSSR count). The Morgan fingerprint density at radius 2 is 0.815 bits per heavy atom. The second kappa shape index (κ2) is 17.7. The van der Waals surface area contributed by atoms with Gasteiger partial charge in [-0.2, -0.15) is 9.97 Å². The number of benzene rings is 11. The van der Waals surface area contributed by atoms with Crippen molar-refractivity contribution in [1.82, 2.24) is 19.5 Å². The molecule has 384 valence electrons. The molecule has 0 bridgehead atoms. The van der Waals surface area contributed by atoms with Gasteiger partial charge in [-0.3, -0.25) is 4.57 Å². The monoisotopic (exact) mass is 1070 g/mol. The highest BCUT2D eigenvalue weighted by atomic mass is 28.3. The highest BCUT2D eigenvalue weighted by Gasteiger charge is 2.49. The molecule has 0 radical (unpaired) electrons. The largest absolute Gasteiger partial charge is 0.310 e. The average Bonchev–Trinajstić information content (AvgIpc) is 4.36. The SMILES string of the molecule is CC1(C)c2ccccc2-c2cc3c4cc(N(c5ccc6c(c5)-c5ccccc5[Si]6(C)C)c5ccc6c(c5)-c5ccccc5[Si]6(c5ccccc5)c5ccccc5)ccc4n(-c4nc(-c5ccccc5)nc(-c5ccccc5)n4)c3cc21. The summed E-state index contributed by atoms with van der Waals surface area (Å²) in [6.07, 6.45) is 0. The van der Waals surface area contributed by atoms with E-state index < -0.39 is 16.1 Å². The van der Waals surface area contributed by atoms with Crippen molar-refractivity contribution in [2.75, 3.05) is 4.90 Å². The van der Waals surface area contributed by atoms with E-state index in [0.717, 1.165) is 50.0 Å². The van der Waals surface area contributed by atoms with E-state index in [4.69, 9.17) is 15.0 Å². The molecule has 0 unspecified atom stereocenters. The summed E-state index contributed by atoms with van der Waals surface area (Å²) in [6.45, 7) is 9.72. The van der Waals surface area contributed by atoms with E-state index in [1.54, 1.807) is 0 Å². The lowest BCUT2D eigenvalue weighted by Gasteiger charge is -2.32. The van der Waals surface area contributed by atoms with Crippen molar-refractivity contribution >= 4 is 86.1 Å². The summed E-state index contributed by atoms with van der Waals surface area (Å²) < 4.78 is 2.29. The first-order valence-corrected chi connectivity index (χ1v) is 33.2. The fourth-order valence-electron chi connectivity index (χ4n) is 14.3. The molecule has 2 aliphatic heterocycles. The molecular formula is C74H55N5Si2. The summed E-state index contributed by atoms with van der Waals surface area (Å²) in [7, 11) is -4.69. The Bertz CT molecular complexity index is 4610. The lowest BCUT2D eigenvalue weighted by atomic mass is 9.82. The fourth-order valence-corrected chi connectivity index (χ4v) is 22.6. The molecule has 5 nitrogen and oxygen atoms in total. The Hall–Kier alpha value is -9.54. The fraction of sp³-hybridized carbons (Fsp3) is 0.0676. The van der Waals surface area contributed by atoms with E-state index >= 15 is 0 Å². The molecule has 7 heteroatoms. The summed E-state index contributed by atoms with van der Waals surface area (Å²) in [5.41, 5.74) is 17.5. The number of anilines is 3. The number of hydrogen-bond acceptors (Lipinski definition) is 4. The van der Waals surface area contributed by atoms with Crippen LogP contribution in [0, 0.1) is 0 Å². The Morgan fingerprint density at radius 3 is 1.44 bits per heavy atom. The van der Waals surface area contributed by atoms with Crippen molar-refractivity contribution in [3.8, 4) is 62.1 Å². The standard InChI is InChI=1S/C74H55N5Si2/c1-74(2)63-34-20-17-31-55(63)58-46-60-59-43-50(37-40-65(59)79(66(60)47-64(58)74)73-76-71(48-23-9-5-10-24-48)75-72(77-73)49-25-11-6-12-26-49)78(51-38-41-68-61(44-51)56-32-18-21-35-67(56)80(68,3)4)52-39-42-70-62(45-52)57-33-19-22-36-69(57)81(70,53-27-13-7-14-28-53)54-29-15-8-16-30-54/h5-47H,1-4H3. The van der Waals surface area contributed by atoms with Gasteiger partial charge in [0.2, 0.25) is 5.95 Å². The van der Waals surface area contributed by atoms with Crippen LogP contribution in [0.4, 0.5) is 17.1 Å². The predicted molar refractivity (Wildman–Crippen MR) is 342 cm³/mol. The normalized spacial score (nSPS) is 14.5. The van der Waals surface area contributed by atoms with Gasteiger partial charge in [-0.25, -0.2) is 4.98 Å². The molecule has 0 spiro atoms. The molecule has 11 aromatic carbocycles. The van der Waals surface area contributed by atoms with E-state index in [0.29, 0.717) is 17.6 Å². The van der Waals surface area contributed by atoms with Gasteiger partial charge in [-0.1, -0.05) is 233 Å². The molecule has 4 heterocycles. The third-order valence-corrected chi connectivity index (χ3v) is 26.6. The topological polar surface area (TPSA) is 46.8 Å². The van der Waals surface area contributed by atoms with Gasteiger partial charge in [-0.05, 0) is 130 Å². The average molecular weight is 1070 g/mol. The Balaban J connectivity index is 0.973. The van der Waals surface area contributed by atoms with Crippen LogP contribution in [0.3, 0.4) is 0 Å². The Morgan fingerprint density at radius 1 is 0.358 bits per heavy atom. The van der Waals surface area contributed by atoms with Crippen LogP contribution in [0.15, 0.2) is 261 Å². The molecule has 0 N–H and O–H groups in total. The summed E-state index contributed by atoms with van der Waals surface area (Å²) in [4.78, 5) is 18.5. The molecule has 1 aliphatic carbocycles. The molecule has 2 aromatic heterocycles. The molecule has 0 saturated heterocycles. The van der Waals surface area contributed by atoms with Crippen LogP contribution < -0.4 is 36.0 Å². The number of fused-ring (bicyclic) bond motifs is 12. The van der Waals surface area contributed by atoms with Crippen LogP contribution in [0.25, 0.3) is 83.9 Å². The second-order valence-electron chi connectivity index (χ2n) is 23.1. The molecular weight excluding hydrogens is 1020 g/mol. The van der Waals surface area contributed by atoms with Crippen molar-refractivity contribution < 1.29 is 0 Å². The lowest BCUT2D eigenvalue weighted by Crippen LogP contribution is -2.72. The molecule has 81 heavy (non-hydrogen) atoms. The zero-order valence-corrected chi connectivity index (χ0v) is 47.6. The van der Waals surface area contributed by atoms with Crippen LogP contribution in [-0.4, -0.2) is 35.7 Å². The minimum absolute atomic E-state index is 0.232. The molecule has 13 aromatic rings. The van der Waals surface area contributed by atoms with Gasteiger partial charge in [0.25, 0.3) is 0 Å². The zero-order valence-electron chi connectivity index (χ0n) is 45.6. The van der Waals surface area contributed by atoms with E-state index in [1.807, 2.05) is 36.4 Å². The van der Waals surface area contributed by atoms with E-state index in [1.165, 1.54) is 75.6 Å². The van der Waals surface area contributed by atoms with Gasteiger partial charge in [0.15, 0.2) is 19.7 Å². The maximum absolute atomic E-state index is 5.40. The van der Waals surface area contributed by atoms with Crippen molar-refractivity contribution in [3.63, 3.8) is 0 Å². The smallest absolute Gasteiger partial charge is 0.238 e. The minimum Gasteiger partial charge on any atom is -0.310 e. The van der Waals surface area contributed by atoms with Gasteiger partial charge in [0, 0.05) is 44.4 Å². The number of hydrogen-bond donors (Lipinski definition) is 0. The molecule has 0 fully saturated rings. The predicted octanol–water partition coefficient (Wildman–Crippen LogP) is 14.2. The van der Waals surface area contributed by atoms with Crippen LogP contribution in [0.1, 0.15) is 25.0 Å². The Labute approximate surface area is 474 Å². The molecule has 0 saturated carbocycles. The van der Waals surface area contributed by atoms with E-state index in [-0.39, 0.29) is 5.41 Å². The zero-order chi connectivity index (χ0) is 54.2. The first-order valence-electron chi connectivity index (χ1n) is 28.2. The third-order valence-electron chi connectivity index (χ3n) is 18.1. The summed E-state index contributed by atoms with van der Waals surface area (Å²) >= 11 is 0. The van der Waals surface area contributed by atoms with Crippen LogP contribution in [0.5, 0.6) is 0 Å². The maximum Gasteiger partial charge on any atom is 0.238 e. The van der Waals surface area contributed by atoms with Crippen molar-refractivity contribution in [2.24, 2.45) is 0 Å². The number of aromatic nitrogens is 4. The van der Waals surface area contributed by atoms with Gasteiger partial charge < -0.3 is 4.90 Å². The van der Waals surface area contributed by atoms with Crippen molar-refractivity contribution in [2.45, 2.75) is 32.4 Å². The molecule has 0 atom stereocenters. The Kier molecular flexibility index (Phi) is 10.4.